The van der Waals surface area contributed by atoms with Crippen molar-refractivity contribution in [3.05, 3.63) is 157 Å². The first kappa shape index (κ1) is 31.4. The molecule has 0 bridgehead atoms. The van der Waals surface area contributed by atoms with Gasteiger partial charge in [0.05, 0.1) is 5.58 Å². The number of aromatic nitrogens is 2. The van der Waals surface area contributed by atoms with Crippen molar-refractivity contribution in [1.29, 1.82) is 0 Å². The summed E-state index contributed by atoms with van der Waals surface area (Å²) in [6.07, 6.45) is 3.70. The normalized spacial score (nSPS) is 11.5. The van der Waals surface area contributed by atoms with Crippen LogP contribution in [0.15, 0.2) is 144 Å². The summed E-state index contributed by atoms with van der Waals surface area (Å²) in [5.41, 5.74) is 7.07. The van der Waals surface area contributed by atoms with Crippen LogP contribution >= 0.6 is 0 Å². The largest absolute Gasteiger partial charge is 0.500 e. The Morgan fingerprint density at radius 3 is 1.73 bits per heavy atom. The number of nitrogens with zero attached hydrogens (tertiary/aromatic N) is 2. The van der Waals surface area contributed by atoms with Gasteiger partial charge in [0.1, 0.15) is 5.58 Å². The minimum atomic E-state index is 0. The monoisotopic (exact) mass is 797 g/mol. The molecule has 3 aromatic heterocycles. The van der Waals surface area contributed by atoms with Gasteiger partial charge in [-0.15, -0.1) is 47.5 Å². The molecule has 3 heterocycles. The quantitative estimate of drug-likeness (QED) is 0.129. The first-order chi connectivity index (χ1) is 22.9. The maximum atomic E-state index is 5.87. The summed E-state index contributed by atoms with van der Waals surface area (Å²) >= 11 is 0. The van der Waals surface area contributed by atoms with Gasteiger partial charge < -0.3 is 14.4 Å². The molecule has 0 saturated heterocycles. The van der Waals surface area contributed by atoms with Crippen LogP contribution in [0.5, 0.6) is 0 Å². The Balaban J connectivity index is 0.000000149. The number of hydrogen-bond acceptors (Lipinski definition) is 3. The molecular weight excluding hydrogens is 765 g/mol. The Morgan fingerprint density at radius 1 is 0.479 bits per heavy atom. The van der Waals surface area contributed by atoms with E-state index in [-0.39, 0.29) is 25.5 Å². The molecule has 0 aliphatic rings. The summed E-state index contributed by atoms with van der Waals surface area (Å²) < 4.78 is 5.87. The van der Waals surface area contributed by atoms with E-state index in [1.165, 1.54) is 37.9 Å². The molecule has 4 heteroatoms. The third-order valence-corrected chi connectivity index (χ3v) is 8.83. The molecule has 235 valence electrons. The Morgan fingerprint density at radius 2 is 1.04 bits per heavy atom. The molecule has 0 saturated carbocycles. The van der Waals surface area contributed by atoms with Gasteiger partial charge in [0.15, 0.2) is 0 Å². The van der Waals surface area contributed by atoms with Crippen LogP contribution in [0, 0.1) is 12.1 Å². The van der Waals surface area contributed by atoms with Crippen molar-refractivity contribution in [2.24, 2.45) is 0 Å². The Hall–Kier alpha value is -5.15. The summed E-state index contributed by atoms with van der Waals surface area (Å²) in [7, 11) is 0. The molecule has 0 amide bonds. The molecule has 0 spiro atoms. The maximum Gasteiger partial charge on any atom is 0.120 e. The van der Waals surface area contributed by atoms with Crippen molar-refractivity contribution in [1.82, 2.24) is 9.97 Å². The average Bonchev–Trinajstić information content (AvgIpc) is 3.50. The predicted octanol–water partition coefficient (Wildman–Crippen LogP) is 11.8. The number of furan rings is 1. The van der Waals surface area contributed by atoms with E-state index in [9.17, 15) is 0 Å². The van der Waals surface area contributed by atoms with E-state index in [2.05, 4.69) is 128 Å². The number of hydrogen-bond donors (Lipinski definition) is 0. The van der Waals surface area contributed by atoms with Gasteiger partial charge >= 0.3 is 0 Å². The van der Waals surface area contributed by atoms with Gasteiger partial charge in [-0.05, 0) is 56.7 Å². The molecule has 1 radical (unpaired) electrons. The molecule has 48 heavy (non-hydrogen) atoms. The Kier molecular flexibility index (Phi) is 8.39. The summed E-state index contributed by atoms with van der Waals surface area (Å²) in [4.78, 5) is 9.00. The second kappa shape index (κ2) is 12.8. The van der Waals surface area contributed by atoms with Crippen LogP contribution in [0.3, 0.4) is 0 Å². The molecule has 0 aliphatic carbocycles. The fraction of sp³-hybridized carbons (Fsp3) is 0.0909. The third-order valence-electron chi connectivity index (χ3n) is 8.83. The SMILES string of the molecule is CC(C)(C)c1ccnc(-c2[c-]cc3oc4ccccc4c3c2)c1.[Ir].[c-]1cc2c3ccccc3c3ccccc3c2cc1-c1ccccn1. The summed E-state index contributed by atoms with van der Waals surface area (Å²) in [6, 6.07) is 50.6. The van der Waals surface area contributed by atoms with Crippen LogP contribution in [-0.2, 0) is 25.5 Å². The number of para-hydroxylation sites is 1. The van der Waals surface area contributed by atoms with E-state index < -0.39 is 0 Å². The van der Waals surface area contributed by atoms with Crippen LogP contribution in [0.4, 0.5) is 0 Å². The van der Waals surface area contributed by atoms with E-state index in [1.807, 2.05) is 54.9 Å². The van der Waals surface area contributed by atoms with Crippen molar-refractivity contribution in [3.8, 4) is 22.5 Å². The molecule has 9 rings (SSSR count). The van der Waals surface area contributed by atoms with E-state index in [4.69, 9.17) is 4.42 Å². The van der Waals surface area contributed by atoms with Crippen LogP contribution < -0.4 is 0 Å². The first-order valence-corrected chi connectivity index (χ1v) is 15.9. The van der Waals surface area contributed by atoms with Crippen molar-refractivity contribution >= 4 is 54.3 Å². The number of pyridine rings is 2. The smallest absolute Gasteiger partial charge is 0.120 e. The average molecular weight is 797 g/mol. The molecule has 0 aliphatic heterocycles. The second-order valence-electron chi connectivity index (χ2n) is 12.9. The van der Waals surface area contributed by atoms with Gasteiger partial charge in [0, 0.05) is 37.9 Å². The Labute approximate surface area is 293 Å². The summed E-state index contributed by atoms with van der Waals surface area (Å²) in [5, 5.41) is 9.86. The molecule has 0 fully saturated rings. The second-order valence-corrected chi connectivity index (χ2v) is 12.9. The molecule has 0 atom stereocenters. The number of benzene rings is 6. The van der Waals surface area contributed by atoms with Crippen molar-refractivity contribution in [2.45, 2.75) is 26.2 Å². The number of fused-ring (bicyclic) bond motifs is 9. The van der Waals surface area contributed by atoms with Crippen molar-refractivity contribution in [3.63, 3.8) is 0 Å². The zero-order valence-electron chi connectivity index (χ0n) is 26.9. The fourth-order valence-electron chi connectivity index (χ4n) is 6.37. The third kappa shape index (κ3) is 5.79. The minimum absolute atomic E-state index is 0. The van der Waals surface area contributed by atoms with E-state index >= 15 is 0 Å². The molecule has 6 aromatic carbocycles. The van der Waals surface area contributed by atoms with E-state index in [0.717, 1.165) is 44.5 Å². The molecule has 0 N–H and O–H groups in total. The van der Waals surface area contributed by atoms with E-state index in [0.29, 0.717) is 0 Å². The van der Waals surface area contributed by atoms with E-state index in [1.54, 1.807) is 0 Å². The fourth-order valence-corrected chi connectivity index (χ4v) is 6.37. The van der Waals surface area contributed by atoms with Gasteiger partial charge in [-0.2, -0.15) is 0 Å². The van der Waals surface area contributed by atoms with Crippen molar-refractivity contribution < 1.29 is 24.5 Å². The summed E-state index contributed by atoms with van der Waals surface area (Å²) in [6.45, 7) is 6.63. The Bertz CT molecular complexity index is 2530. The van der Waals surface area contributed by atoms with Gasteiger partial charge in [0.2, 0.25) is 0 Å². The maximum absolute atomic E-state index is 5.87. The van der Waals surface area contributed by atoms with Gasteiger partial charge in [0.25, 0.3) is 0 Å². The topological polar surface area (TPSA) is 38.9 Å². The van der Waals surface area contributed by atoms with Crippen LogP contribution in [0.1, 0.15) is 26.3 Å². The predicted molar refractivity (Wildman–Crippen MR) is 196 cm³/mol. The van der Waals surface area contributed by atoms with Crippen LogP contribution in [0.2, 0.25) is 0 Å². The molecule has 0 unspecified atom stereocenters. The van der Waals surface area contributed by atoms with Gasteiger partial charge in [-0.1, -0.05) is 127 Å². The molecular formula is C44H32IrN2O-2. The van der Waals surface area contributed by atoms with Gasteiger partial charge in [-0.25, -0.2) is 0 Å². The standard InChI is InChI=1S/C23H14N.C21H18NO.Ir/c1-2-9-19-17(7-1)18-8-3-4-10-20(18)22-15-16(12-13-21(19)22)23-11-5-6-14-24-23;1-21(2,3)15-10-11-22-18(13-15)14-8-9-20-17(12-14)16-6-4-5-7-19(16)23-20;/h1-11,13-15H;4-7,9-13H,1-3H3;/q2*-1;. The first-order valence-electron chi connectivity index (χ1n) is 15.9. The molecule has 3 nitrogen and oxygen atoms in total. The van der Waals surface area contributed by atoms with Crippen LogP contribution in [-0.4, -0.2) is 9.97 Å². The molecule has 9 aromatic rings. The summed E-state index contributed by atoms with van der Waals surface area (Å²) in [5.74, 6) is 0. The zero-order chi connectivity index (χ0) is 32.0. The van der Waals surface area contributed by atoms with Crippen LogP contribution in [0.25, 0.3) is 76.8 Å². The number of rotatable bonds is 2. The van der Waals surface area contributed by atoms with Crippen molar-refractivity contribution in [2.75, 3.05) is 0 Å². The van der Waals surface area contributed by atoms with Gasteiger partial charge in [-0.3, -0.25) is 0 Å². The minimum Gasteiger partial charge on any atom is -0.500 e. The zero-order valence-corrected chi connectivity index (χ0v) is 29.3.